The molecule has 0 aliphatic carbocycles. The first-order valence-corrected chi connectivity index (χ1v) is 7.19. The molecule has 7 nitrogen and oxygen atoms in total. The van der Waals surface area contributed by atoms with Gasteiger partial charge in [0.05, 0.1) is 5.52 Å². The maximum Gasteiger partial charge on any atom is 0.417 e. The van der Waals surface area contributed by atoms with E-state index in [-0.39, 0.29) is 12.7 Å². The fourth-order valence-corrected chi connectivity index (χ4v) is 2.40. The van der Waals surface area contributed by atoms with Crippen LogP contribution in [0.2, 0.25) is 0 Å². The molecule has 1 aliphatic heterocycles. The molecule has 7 heteroatoms. The Morgan fingerprint density at radius 2 is 2.00 bits per heavy atom. The lowest BCUT2D eigenvalue weighted by Gasteiger charge is -2.01. The van der Waals surface area contributed by atoms with E-state index in [1.54, 1.807) is 36.4 Å². The number of fused-ring (bicyclic) bond motifs is 2. The smallest absolute Gasteiger partial charge is 0.417 e. The molecule has 0 saturated carbocycles. The number of hydrogen-bond donors (Lipinski definition) is 2. The van der Waals surface area contributed by atoms with Crippen LogP contribution in [0.4, 0.5) is 5.69 Å². The van der Waals surface area contributed by atoms with Gasteiger partial charge >= 0.3 is 5.76 Å². The Bertz CT molecular complexity index is 1020. The Balaban J connectivity index is 1.48. The molecule has 4 rings (SSSR count). The van der Waals surface area contributed by atoms with Crippen LogP contribution in [0.25, 0.3) is 17.2 Å². The highest BCUT2D eigenvalue weighted by Gasteiger charge is 2.12. The third-order valence-electron chi connectivity index (χ3n) is 3.51. The van der Waals surface area contributed by atoms with Crippen molar-refractivity contribution in [2.45, 2.75) is 0 Å². The highest BCUT2D eigenvalue weighted by molar-refractivity contribution is 6.02. The molecule has 0 unspecified atom stereocenters. The second kappa shape index (κ2) is 5.62. The fourth-order valence-electron chi connectivity index (χ4n) is 2.40. The van der Waals surface area contributed by atoms with E-state index in [0.717, 1.165) is 5.56 Å². The number of oxazole rings is 1. The lowest BCUT2D eigenvalue weighted by atomic mass is 10.2. The van der Waals surface area contributed by atoms with Crippen LogP contribution in [0.15, 0.2) is 51.7 Å². The van der Waals surface area contributed by atoms with Crippen molar-refractivity contribution in [1.29, 1.82) is 0 Å². The number of H-pyrrole nitrogens is 1. The molecule has 0 spiro atoms. The summed E-state index contributed by atoms with van der Waals surface area (Å²) >= 11 is 0. The van der Waals surface area contributed by atoms with Gasteiger partial charge in [0.25, 0.3) is 0 Å². The number of aromatic amines is 1. The summed E-state index contributed by atoms with van der Waals surface area (Å²) in [6.45, 7) is 0.210. The van der Waals surface area contributed by atoms with E-state index in [1.165, 1.54) is 6.08 Å². The molecule has 24 heavy (non-hydrogen) atoms. The quantitative estimate of drug-likeness (QED) is 0.722. The predicted molar refractivity (Wildman–Crippen MR) is 87.1 cm³/mol. The number of ether oxygens (including phenoxy) is 2. The Labute approximate surface area is 135 Å². The number of aromatic nitrogens is 1. The minimum Gasteiger partial charge on any atom is -0.454 e. The van der Waals surface area contributed by atoms with Crippen molar-refractivity contribution < 1.29 is 18.7 Å². The zero-order chi connectivity index (χ0) is 16.5. The molecule has 3 aromatic rings. The average Bonchev–Trinajstić information content (AvgIpc) is 3.17. The van der Waals surface area contributed by atoms with E-state index in [9.17, 15) is 9.59 Å². The standard InChI is InChI=1S/C17H12N2O5/c20-16(6-2-10-1-4-14-15(7-10)23-9-22-14)18-11-3-5-13-12(8-11)19-17(21)24-13/h1-8H,9H2,(H,18,20)(H,19,21)/b6-2+. The molecule has 2 N–H and O–H groups in total. The summed E-state index contributed by atoms with van der Waals surface area (Å²) in [7, 11) is 0. The maximum absolute atomic E-state index is 12.0. The first kappa shape index (κ1) is 14.1. The highest BCUT2D eigenvalue weighted by Crippen LogP contribution is 2.32. The van der Waals surface area contributed by atoms with E-state index in [2.05, 4.69) is 10.3 Å². The van der Waals surface area contributed by atoms with Crippen LogP contribution in [-0.2, 0) is 4.79 Å². The van der Waals surface area contributed by atoms with Crippen molar-refractivity contribution >= 4 is 28.8 Å². The topological polar surface area (TPSA) is 93.6 Å². The molecule has 120 valence electrons. The molecule has 1 aliphatic rings. The highest BCUT2D eigenvalue weighted by atomic mass is 16.7. The molecule has 2 heterocycles. The van der Waals surface area contributed by atoms with Crippen LogP contribution in [-0.4, -0.2) is 17.7 Å². The number of benzene rings is 2. The van der Waals surface area contributed by atoms with Crippen LogP contribution >= 0.6 is 0 Å². The summed E-state index contributed by atoms with van der Waals surface area (Å²) in [5.41, 5.74) is 2.34. The van der Waals surface area contributed by atoms with Crippen molar-refractivity contribution in [2.75, 3.05) is 12.1 Å². The largest absolute Gasteiger partial charge is 0.454 e. The van der Waals surface area contributed by atoms with Gasteiger partial charge in [0, 0.05) is 11.8 Å². The van der Waals surface area contributed by atoms with Gasteiger partial charge in [0.1, 0.15) is 0 Å². The number of rotatable bonds is 3. The first-order valence-electron chi connectivity index (χ1n) is 7.19. The zero-order valence-electron chi connectivity index (χ0n) is 12.4. The van der Waals surface area contributed by atoms with Crippen molar-refractivity contribution in [1.82, 2.24) is 4.98 Å². The summed E-state index contributed by atoms with van der Waals surface area (Å²) in [5, 5.41) is 2.72. The summed E-state index contributed by atoms with van der Waals surface area (Å²) in [5.74, 6) is 0.528. The normalized spacial score (nSPS) is 12.8. The number of hydrogen-bond acceptors (Lipinski definition) is 5. The van der Waals surface area contributed by atoms with Gasteiger partial charge < -0.3 is 19.2 Å². The van der Waals surface area contributed by atoms with E-state index in [4.69, 9.17) is 13.9 Å². The molecule has 0 radical (unpaired) electrons. The zero-order valence-corrected chi connectivity index (χ0v) is 12.4. The van der Waals surface area contributed by atoms with Crippen molar-refractivity contribution in [3.8, 4) is 11.5 Å². The Morgan fingerprint density at radius 1 is 1.12 bits per heavy atom. The van der Waals surface area contributed by atoms with Crippen LogP contribution in [0, 0.1) is 0 Å². The summed E-state index contributed by atoms with van der Waals surface area (Å²) in [6.07, 6.45) is 3.09. The van der Waals surface area contributed by atoms with Crippen LogP contribution in [0.3, 0.4) is 0 Å². The van der Waals surface area contributed by atoms with E-state index in [1.807, 2.05) is 6.07 Å². The van der Waals surface area contributed by atoms with Gasteiger partial charge in [-0.05, 0) is 42.0 Å². The summed E-state index contributed by atoms with van der Waals surface area (Å²) in [6, 6.07) is 10.3. The number of amides is 1. The lowest BCUT2D eigenvalue weighted by molar-refractivity contribution is -0.111. The van der Waals surface area contributed by atoms with Crippen molar-refractivity contribution in [3.63, 3.8) is 0 Å². The van der Waals surface area contributed by atoms with E-state index in [0.29, 0.717) is 28.3 Å². The van der Waals surface area contributed by atoms with Gasteiger partial charge in [-0.2, -0.15) is 0 Å². The van der Waals surface area contributed by atoms with Gasteiger partial charge in [0.15, 0.2) is 17.1 Å². The molecule has 1 amide bonds. The molecular formula is C17H12N2O5. The van der Waals surface area contributed by atoms with E-state index < -0.39 is 5.76 Å². The van der Waals surface area contributed by atoms with Gasteiger partial charge in [-0.15, -0.1) is 0 Å². The van der Waals surface area contributed by atoms with Gasteiger partial charge in [0.2, 0.25) is 12.7 Å². The predicted octanol–water partition coefficient (Wildman–Crippen LogP) is 2.50. The number of carbonyl (C=O) groups is 1. The third-order valence-corrected chi connectivity index (χ3v) is 3.51. The Morgan fingerprint density at radius 3 is 2.92 bits per heavy atom. The minimum absolute atomic E-state index is 0.210. The monoisotopic (exact) mass is 324 g/mol. The summed E-state index contributed by atoms with van der Waals surface area (Å²) in [4.78, 5) is 25.7. The average molecular weight is 324 g/mol. The maximum atomic E-state index is 12.0. The van der Waals surface area contributed by atoms with Crippen LogP contribution in [0.1, 0.15) is 5.56 Å². The molecule has 0 saturated heterocycles. The molecule has 0 bridgehead atoms. The van der Waals surface area contributed by atoms with Crippen molar-refractivity contribution in [2.24, 2.45) is 0 Å². The van der Waals surface area contributed by atoms with Gasteiger partial charge in [-0.1, -0.05) is 6.07 Å². The van der Waals surface area contributed by atoms with Gasteiger partial charge in [-0.3, -0.25) is 9.78 Å². The number of nitrogens with one attached hydrogen (secondary N) is 2. The van der Waals surface area contributed by atoms with Crippen LogP contribution in [0.5, 0.6) is 11.5 Å². The third kappa shape index (κ3) is 2.74. The number of carbonyl (C=O) groups excluding carboxylic acids is 1. The molecule has 0 fully saturated rings. The molecule has 0 atom stereocenters. The number of anilines is 1. The Hall–Kier alpha value is -3.48. The summed E-state index contributed by atoms with van der Waals surface area (Å²) < 4.78 is 15.4. The second-order valence-electron chi connectivity index (χ2n) is 5.16. The Kier molecular flexibility index (Phi) is 3.31. The van der Waals surface area contributed by atoms with Gasteiger partial charge in [-0.25, -0.2) is 4.79 Å². The molecular weight excluding hydrogens is 312 g/mol. The molecule has 2 aromatic carbocycles. The van der Waals surface area contributed by atoms with Crippen molar-refractivity contribution in [3.05, 3.63) is 58.6 Å². The minimum atomic E-state index is -0.531. The first-order chi connectivity index (χ1) is 11.7. The SMILES string of the molecule is O=C(/C=C/c1ccc2c(c1)OCO2)Nc1ccc2oc(=O)[nH]c2c1. The lowest BCUT2D eigenvalue weighted by Crippen LogP contribution is -2.07. The second-order valence-corrected chi connectivity index (χ2v) is 5.16. The van der Waals surface area contributed by atoms with E-state index >= 15 is 0 Å². The molecule has 1 aromatic heterocycles. The fraction of sp³-hybridized carbons (Fsp3) is 0.0588. The van der Waals surface area contributed by atoms with Crippen LogP contribution < -0.4 is 20.5 Å².